The number of pyridine rings is 1. The van der Waals surface area contributed by atoms with E-state index in [0.717, 1.165) is 5.82 Å². The Morgan fingerprint density at radius 2 is 1.96 bits per heavy atom. The Morgan fingerprint density at radius 1 is 1.21 bits per heavy atom. The molecule has 24 heavy (non-hydrogen) atoms. The minimum Gasteiger partial charge on any atom is -0.386 e. The van der Waals surface area contributed by atoms with Gasteiger partial charge in [0.25, 0.3) is 0 Å². The first-order valence-electron chi connectivity index (χ1n) is 7.55. The van der Waals surface area contributed by atoms with Crippen LogP contribution in [-0.2, 0) is 6.54 Å². The van der Waals surface area contributed by atoms with Crippen molar-refractivity contribution < 1.29 is 14.3 Å². The van der Waals surface area contributed by atoms with Crippen LogP contribution in [0.1, 0.15) is 17.4 Å². The van der Waals surface area contributed by atoms with Crippen molar-refractivity contribution in [1.29, 1.82) is 0 Å². The van der Waals surface area contributed by atoms with Crippen molar-refractivity contribution in [3.63, 3.8) is 0 Å². The first kappa shape index (κ1) is 17.7. The highest BCUT2D eigenvalue weighted by Gasteiger charge is 2.13. The number of nitrogens with zero attached hydrogens (tertiary/aromatic N) is 2. The summed E-state index contributed by atoms with van der Waals surface area (Å²) in [5.74, 6) is 0.293. The zero-order valence-electron chi connectivity index (χ0n) is 13.7. The van der Waals surface area contributed by atoms with Gasteiger partial charge in [-0.15, -0.1) is 0 Å². The van der Waals surface area contributed by atoms with Gasteiger partial charge in [-0.25, -0.2) is 14.2 Å². The summed E-state index contributed by atoms with van der Waals surface area (Å²) in [6, 6.07) is 11.0. The summed E-state index contributed by atoms with van der Waals surface area (Å²) < 4.78 is 13.5. The van der Waals surface area contributed by atoms with Gasteiger partial charge in [0.2, 0.25) is 0 Å². The lowest BCUT2D eigenvalue weighted by Crippen LogP contribution is -2.37. The van der Waals surface area contributed by atoms with E-state index >= 15 is 0 Å². The Kier molecular flexibility index (Phi) is 6.08. The van der Waals surface area contributed by atoms with E-state index in [9.17, 15) is 14.3 Å². The molecule has 0 saturated carbocycles. The Bertz CT molecular complexity index is 694. The maximum atomic E-state index is 13.5. The lowest BCUT2D eigenvalue weighted by molar-refractivity contribution is 0.169. The van der Waals surface area contributed by atoms with Gasteiger partial charge < -0.3 is 20.6 Å². The normalized spacial score (nSPS) is 11.7. The van der Waals surface area contributed by atoms with E-state index in [1.54, 1.807) is 12.1 Å². The van der Waals surface area contributed by atoms with Gasteiger partial charge in [0.05, 0.1) is 18.3 Å². The van der Waals surface area contributed by atoms with Crippen molar-refractivity contribution in [1.82, 2.24) is 15.6 Å². The average molecular weight is 332 g/mol. The van der Waals surface area contributed by atoms with Crippen LogP contribution in [0.2, 0.25) is 0 Å². The van der Waals surface area contributed by atoms with Crippen LogP contribution in [-0.4, -0.2) is 36.8 Å². The molecule has 0 saturated heterocycles. The molecule has 1 aromatic heterocycles. The summed E-state index contributed by atoms with van der Waals surface area (Å²) in [6.07, 6.45) is -1.10. The molecule has 1 aromatic carbocycles. The molecular weight excluding hydrogens is 311 g/mol. The summed E-state index contributed by atoms with van der Waals surface area (Å²) in [5.41, 5.74) is 0.865. The van der Waals surface area contributed by atoms with Crippen molar-refractivity contribution in [3.05, 3.63) is 59.5 Å². The average Bonchev–Trinajstić information content (AvgIpc) is 2.58. The Hall–Kier alpha value is -2.67. The molecule has 6 nitrogen and oxygen atoms in total. The number of halogens is 1. The van der Waals surface area contributed by atoms with Crippen molar-refractivity contribution in [3.8, 4) is 0 Å². The minimum atomic E-state index is -1.10. The Labute approximate surface area is 140 Å². The highest BCUT2D eigenvalue weighted by atomic mass is 19.1. The van der Waals surface area contributed by atoms with E-state index in [1.165, 1.54) is 12.1 Å². The molecule has 2 amide bonds. The molecule has 0 aliphatic carbocycles. The van der Waals surface area contributed by atoms with Crippen molar-refractivity contribution in [2.24, 2.45) is 0 Å². The molecule has 0 bridgehead atoms. The molecule has 1 atom stereocenters. The number of aliphatic hydroxyl groups is 1. The Morgan fingerprint density at radius 3 is 2.67 bits per heavy atom. The number of carbonyl (C=O) groups excluding carboxylic acids is 1. The van der Waals surface area contributed by atoms with E-state index in [4.69, 9.17) is 0 Å². The van der Waals surface area contributed by atoms with Crippen LogP contribution in [0, 0.1) is 5.82 Å². The van der Waals surface area contributed by atoms with Gasteiger partial charge in [0, 0.05) is 26.2 Å². The molecule has 2 aromatic rings. The maximum absolute atomic E-state index is 13.5. The van der Waals surface area contributed by atoms with Gasteiger partial charge in [-0.2, -0.15) is 0 Å². The van der Waals surface area contributed by atoms with Crippen LogP contribution in [0.5, 0.6) is 0 Å². The van der Waals surface area contributed by atoms with E-state index in [0.29, 0.717) is 5.69 Å². The van der Waals surface area contributed by atoms with Crippen LogP contribution in [0.15, 0.2) is 42.5 Å². The van der Waals surface area contributed by atoms with Crippen LogP contribution in [0.25, 0.3) is 0 Å². The number of benzene rings is 1. The van der Waals surface area contributed by atoms with Crippen molar-refractivity contribution in [2.75, 3.05) is 25.5 Å². The fourth-order valence-electron chi connectivity index (χ4n) is 2.09. The predicted molar refractivity (Wildman–Crippen MR) is 90.2 cm³/mol. The third kappa shape index (κ3) is 4.92. The van der Waals surface area contributed by atoms with E-state index < -0.39 is 18.0 Å². The fraction of sp³-hybridized carbons (Fsp3) is 0.294. The maximum Gasteiger partial charge on any atom is 0.315 e. The molecule has 1 heterocycles. The van der Waals surface area contributed by atoms with Gasteiger partial charge in [-0.1, -0.05) is 24.3 Å². The van der Waals surface area contributed by atoms with Crippen LogP contribution in [0.3, 0.4) is 0 Å². The minimum absolute atomic E-state index is 0.0854. The predicted octanol–water partition coefficient (Wildman–Crippen LogP) is 1.82. The molecule has 7 heteroatoms. The van der Waals surface area contributed by atoms with Gasteiger partial charge in [0.15, 0.2) is 0 Å². The SMILES string of the molecule is CN(C)c1cccc(CNC(=O)NCC(O)c2ccccc2F)n1. The highest BCUT2D eigenvalue weighted by molar-refractivity contribution is 5.73. The number of anilines is 1. The molecule has 128 valence electrons. The molecule has 0 aliphatic heterocycles. The smallest absolute Gasteiger partial charge is 0.315 e. The van der Waals surface area contributed by atoms with E-state index in [2.05, 4.69) is 15.6 Å². The van der Waals surface area contributed by atoms with Crippen LogP contribution < -0.4 is 15.5 Å². The number of nitrogens with one attached hydrogen (secondary N) is 2. The van der Waals surface area contributed by atoms with Crippen LogP contribution in [0.4, 0.5) is 15.0 Å². The van der Waals surface area contributed by atoms with Gasteiger partial charge >= 0.3 is 6.03 Å². The second kappa shape index (κ2) is 8.26. The topological polar surface area (TPSA) is 77.5 Å². The number of hydrogen-bond acceptors (Lipinski definition) is 4. The fourth-order valence-corrected chi connectivity index (χ4v) is 2.09. The zero-order valence-corrected chi connectivity index (χ0v) is 13.7. The Balaban J connectivity index is 1.81. The summed E-state index contributed by atoms with van der Waals surface area (Å²) in [5, 5.41) is 15.1. The second-order valence-corrected chi connectivity index (χ2v) is 5.48. The second-order valence-electron chi connectivity index (χ2n) is 5.48. The summed E-state index contributed by atoms with van der Waals surface area (Å²) in [4.78, 5) is 18.0. The van der Waals surface area contributed by atoms with Crippen molar-refractivity contribution >= 4 is 11.8 Å². The van der Waals surface area contributed by atoms with Gasteiger partial charge in [-0.05, 0) is 18.2 Å². The molecular formula is C17H21FN4O2. The monoisotopic (exact) mass is 332 g/mol. The lowest BCUT2D eigenvalue weighted by Gasteiger charge is -2.14. The number of amides is 2. The third-order valence-corrected chi connectivity index (χ3v) is 3.40. The zero-order chi connectivity index (χ0) is 17.5. The molecule has 0 aliphatic rings. The first-order chi connectivity index (χ1) is 11.5. The third-order valence-electron chi connectivity index (χ3n) is 3.40. The number of urea groups is 1. The molecule has 0 spiro atoms. The molecule has 0 fully saturated rings. The summed E-state index contributed by atoms with van der Waals surface area (Å²) in [6.45, 7) is 0.168. The number of hydrogen-bond donors (Lipinski definition) is 3. The van der Waals surface area contributed by atoms with Crippen LogP contribution >= 0.6 is 0 Å². The summed E-state index contributed by atoms with van der Waals surface area (Å²) >= 11 is 0. The van der Waals surface area contributed by atoms with Gasteiger partial charge in [0.1, 0.15) is 11.6 Å². The first-order valence-corrected chi connectivity index (χ1v) is 7.55. The van der Waals surface area contributed by atoms with E-state index in [-0.39, 0.29) is 18.7 Å². The van der Waals surface area contributed by atoms with Crippen molar-refractivity contribution in [2.45, 2.75) is 12.6 Å². The quantitative estimate of drug-likeness (QED) is 0.754. The number of aromatic nitrogens is 1. The molecule has 3 N–H and O–H groups in total. The highest BCUT2D eigenvalue weighted by Crippen LogP contribution is 2.15. The number of carbonyl (C=O) groups is 1. The van der Waals surface area contributed by atoms with E-state index in [1.807, 2.05) is 37.2 Å². The molecule has 1 unspecified atom stereocenters. The molecule has 0 radical (unpaired) electrons. The molecule has 2 rings (SSSR count). The summed E-state index contributed by atoms with van der Waals surface area (Å²) in [7, 11) is 3.77. The lowest BCUT2D eigenvalue weighted by atomic mass is 10.1. The largest absolute Gasteiger partial charge is 0.386 e. The number of aliphatic hydroxyl groups excluding tert-OH is 1. The standard InChI is InChI=1S/C17H21FN4O2/c1-22(2)16-9-5-6-12(21-16)10-19-17(24)20-11-15(23)13-7-3-4-8-14(13)18/h3-9,15,23H,10-11H2,1-2H3,(H2,19,20,24). The van der Waals surface area contributed by atoms with Gasteiger partial charge in [-0.3, -0.25) is 0 Å². The number of rotatable bonds is 6.